The zero-order valence-corrected chi connectivity index (χ0v) is 14.9. The summed E-state index contributed by atoms with van der Waals surface area (Å²) in [7, 11) is 0. The van der Waals surface area contributed by atoms with Gasteiger partial charge >= 0.3 is 0 Å². The molecule has 2 heterocycles. The summed E-state index contributed by atoms with van der Waals surface area (Å²) >= 11 is 0. The number of carbonyl (C=O) groups excluding carboxylic acids is 1. The van der Waals surface area contributed by atoms with Gasteiger partial charge in [-0.25, -0.2) is 4.68 Å². The average molecular weight is 339 g/mol. The van der Waals surface area contributed by atoms with Gasteiger partial charge in [-0.2, -0.15) is 5.10 Å². The Morgan fingerprint density at radius 2 is 2.08 bits per heavy atom. The molecule has 1 saturated carbocycles. The second-order valence-corrected chi connectivity index (χ2v) is 7.26. The summed E-state index contributed by atoms with van der Waals surface area (Å²) in [5, 5.41) is 4.51. The number of benzene rings is 1. The topological polar surface area (TPSA) is 47.4 Å². The number of hydrogen-bond donors (Lipinski definition) is 0. The predicted molar refractivity (Wildman–Crippen MR) is 96.0 cm³/mol. The van der Waals surface area contributed by atoms with Gasteiger partial charge in [-0.05, 0) is 44.7 Å². The third-order valence-electron chi connectivity index (χ3n) is 5.31. The van der Waals surface area contributed by atoms with Crippen molar-refractivity contribution in [2.24, 2.45) is 5.92 Å². The van der Waals surface area contributed by atoms with Gasteiger partial charge in [-0.3, -0.25) is 4.79 Å². The Balaban J connectivity index is 1.60. The van der Waals surface area contributed by atoms with Crippen LogP contribution < -0.4 is 0 Å². The van der Waals surface area contributed by atoms with E-state index in [4.69, 9.17) is 4.74 Å². The number of ether oxygens (including phenoxy) is 1. The van der Waals surface area contributed by atoms with E-state index in [2.05, 4.69) is 23.0 Å². The average Bonchev–Trinajstić information content (AvgIpc) is 3.18. The standard InChI is InChI=1S/C20H25N3O2/c1-14-5-3-4-6-19(14)23-15(2)18(11-21-23)20(24)22(17-7-8-17)12-16-9-10-25-13-16/h3-6,11,16-17H,7-10,12-13H2,1-2H3. The van der Waals surface area contributed by atoms with Crippen LogP contribution in [-0.2, 0) is 4.74 Å². The third-order valence-corrected chi connectivity index (χ3v) is 5.31. The lowest BCUT2D eigenvalue weighted by Gasteiger charge is -2.25. The molecule has 4 rings (SSSR count). The first kappa shape index (κ1) is 16.3. The molecule has 0 N–H and O–H groups in total. The lowest BCUT2D eigenvalue weighted by molar-refractivity contribution is 0.0705. The molecule has 1 unspecified atom stereocenters. The van der Waals surface area contributed by atoms with Gasteiger partial charge in [0.1, 0.15) is 0 Å². The molecule has 0 bridgehead atoms. The Bertz CT molecular complexity index is 773. The molecular formula is C20H25N3O2. The summed E-state index contributed by atoms with van der Waals surface area (Å²) in [6.07, 6.45) is 5.01. The fourth-order valence-corrected chi connectivity index (χ4v) is 3.61. The van der Waals surface area contributed by atoms with E-state index in [0.717, 1.165) is 56.0 Å². The molecule has 2 aliphatic rings. The van der Waals surface area contributed by atoms with Crippen molar-refractivity contribution in [2.75, 3.05) is 19.8 Å². The maximum atomic E-state index is 13.2. The number of nitrogens with zero attached hydrogens (tertiary/aromatic N) is 3. The van der Waals surface area contributed by atoms with Crippen molar-refractivity contribution >= 4 is 5.91 Å². The summed E-state index contributed by atoms with van der Waals surface area (Å²) in [5.74, 6) is 0.586. The highest BCUT2D eigenvalue weighted by atomic mass is 16.5. The molecule has 0 spiro atoms. The van der Waals surface area contributed by atoms with Crippen LogP contribution in [0.3, 0.4) is 0 Å². The lowest BCUT2D eigenvalue weighted by Crippen LogP contribution is -2.37. The first-order chi connectivity index (χ1) is 12.1. The van der Waals surface area contributed by atoms with Crippen LogP contribution in [0.1, 0.15) is 40.9 Å². The Kier molecular flexibility index (Phi) is 4.34. The molecule has 0 radical (unpaired) electrons. The van der Waals surface area contributed by atoms with Gasteiger partial charge in [0.05, 0.1) is 29.7 Å². The molecule has 1 aromatic heterocycles. The smallest absolute Gasteiger partial charge is 0.257 e. The van der Waals surface area contributed by atoms with Gasteiger partial charge < -0.3 is 9.64 Å². The Hall–Kier alpha value is -2.14. The zero-order chi connectivity index (χ0) is 17.4. The molecule has 25 heavy (non-hydrogen) atoms. The number of rotatable bonds is 5. The van der Waals surface area contributed by atoms with Gasteiger partial charge in [0.2, 0.25) is 0 Å². The summed E-state index contributed by atoms with van der Waals surface area (Å²) in [4.78, 5) is 15.3. The Morgan fingerprint density at radius 3 is 2.76 bits per heavy atom. The quantitative estimate of drug-likeness (QED) is 0.841. The van der Waals surface area contributed by atoms with Crippen molar-refractivity contribution < 1.29 is 9.53 Å². The fraction of sp³-hybridized carbons (Fsp3) is 0.500. The second-order valence-electron chi connectivity index (χ2n) is 7.26. The predicted octanol–water partition coefficient (Wildman–Crippen LogP) is 3.13. The molecule has 2 aromatic rings. The SMILES string of the molecule is Cc1ccccc1-n1ncc(C(=O)N(CC2CCOC2)C2CC2)c1C. The number of aromatic nitrogens is 2. The van der Waals surface area contributed by atoms with E-state index in [1.54, 1.807) is 6.20 Å². The number of carbonyl (C=O) groups is 1. The molecule has 5 nitrogen and oxygen atoms in total. The largest absolute Gasteiger partial charge is 0.381 e. The number of aryl methyl sites for hydroxylation is 1. The van der Waals surface area contributed by atoms with Crippen LogP contribution in [0, 0.1) is 19.8 Å². The zero-order valence-electron chi connectivity index (χ0n) is 14.9. The van der Waals surface area contributed by atoms with Crippen molar-refractivity contribution in [3.05, 3.63) is 47.3 Å². The molecule has 1 amide bonds. The molecule has 1 aromatic carbocycles. The minimum Gasteiger partial charge on any atom is -0.381 e. The van der Waals surface area contributed by atoms with Crippen molar-refractivity contribution in [1.82, 2.24) is 14.7 Å². The highest BCUT2D eigenvalue weighted by molar-refractivity contribution is 5.95. The van der Waals surface area contributed by atoms with Gasteiger partial charge in [0.15, 0.2) is 0 Å². The molecule has 5 heteroatoms. The molecule has 1 aliphatic heterocycles. The minimum absolute atomic E-state index is 0.117. The van der Waals surface area contributed by atoms with Crippen LogP contribution in [0.15, 0.2) is 30.5 Å². The van der Waals surface area contributed by atoms with Crippen LogP contribution in [0.2, 0.25) is 0 Å². The molecule has 1 saturated heterocycles. The maximum absolute atomic E-state index is 13.2. The first-order valence-electron chi connectivity index (χ1n) is 9.14. The van der Waals surface area contributed by atoms with E-state index in [9.17, 15) is 4.79 Å². The monoisotopic (exact) mass is 339 g/mol. The minimum atomic E-state index is 0.117. The van der Waals surface area contributed by atoms with E-state index >= 15 is 0 Å². The normalized spacial score (nSPS) is 20.0. The molecule has 132 valence electrons. The molecule has 2 fully saturated rings. The Morgan fingerprint density at radius 1 is 1.28 bits per heavy atom. The molecular weight excluding hydrogens is 314 g/mol. The van der Waals surface area contributed by atoms with Crippen LogP contribution >= 0.6 is 0 Å². The highest BCUT2D eigenvalue weighted by Crippen LogP contribution is 2.31. The van der Waals surface area contributed by atoms with Gasteiger partial charge in [-0.15, -0.1) is 0 Å². The molecule has 1 aliphatic carbocycles. The fourth-order valence-electron chi connectivity index (χ4n) is 3.61. The third kappa shape index (κ3) is 3.21. The Labute approximate surface area is 148 Å². The van der Waals surface area contributed by atoms with Crippen LogP contribution in [0.5, 0.6) is 0 Å². The van der Waals surface area contributed by atoms with E-state index in [1.165, 1.54) is 0 Å². The van der Waals surface area contributed by atoms with Crippen molar-refractivity contribution in [2.45, 2.75) is 39.2 Å². The van der Waals surface area contributed by atoms with Crippen LogP contribution in [-0.4, -0.2) is 46.4 Å². The second kappa shape index (κ2) is 6.64. The van der Waals surface area contributed by atoms with Crippen LogP contribution in [0.25, 0.3) is 5.69 Å². The van der Waals surface area contributed by atoms with E-state index in [-0.39, 0.29) is 5.91 Å². The lowest BCUT2D eigenvalue weighted by atomic mass is 10.1. The van der Waals surface area contributed by atoms with Crippen molar-refractivity contribution in [3.63, 3.8) is 0 Å². The van der Waals surface area contributed by atoms with Crippen LogP contribution in [0.4, 0.5) is 0 Å². The first-order valence-corrected chi connectivity index (χ1v) is 9.14. The van der Waals surface area contributed by atoms with Gasteiger partial charge in [0.25, 0.3) is 5.91 Å². The summed E-state index contributed by atoms with van der Waals surface area (Å²) in [6, 6.07) is 8.52. The van der Waals surface area contributed by atoms with E-state index < -0.39 is 0 Å². The summed E-state index contributed by atoms with van der Waals surface area (Å²) in [5.41, 5.74) is 3.80. The number of hydrogen-bond acceptors (Lipinski definition) is 3. The summed E-state index contributed by atoms with van der Waals surface area (Å²) in [6.45, 7) is 6.45. The highest BCUT2D eigenvalue weighted by Gasteiger charge is 2.36. The maximum Gasteiger partial charge on any atom is 0.257 e. The molecule has 1 atom stereocenters. The van der Waals surface area contributed by atoms with Gasteiger partial charge in [0, 0.05) is 25.1 Å². The number of amides is 1. The van der Waals surface area contributed by atoms with E-state index in [1.807, 2.05) is 29.8 Å². The van der Waals surface area contributed by atoms with Crippen molar-refractivity contribution in [3.8, 4) is 5.69 Å². The number of para-hydroxylation sites is 1. The summed E-state index contributed by atoms with van der Waals surface area (Å²) < 4.78 is 7.37. The van der Waals surface area contributed by atoms with Gasteiger partial charge in [-0.1, -0.05) is 18.2 Å². The van der Waals surface area contributed by atoms with E-state index in [0.29, 0.717) is 17.5 Å². The van der Waals surface area contributed by atoms with Crippen molar-refractivity contribution in [1.29, 1.82) is 0 Å².